The maximum Gasteiger partial charge on any atom is 0.274 e. The minimum absolute atomic E-state index is 0.204. The van der Waals surface area contributed by atoms with Gasteiger partial charge in [0.25, 0.3) is 5.91 Å². The van der Waals surface area contributed by atoms with Crippen molar-refractivity contribution < 1.29 is 19.0 Å². The molecule has 3 aromatic rings. The predicted molar refractivity (Wildman–Crippen MR) is 98.8 cm³/mol. The second-order valence-electron chi connectivity index (χ2n) is 5.64. The average molecular weight is 364 g/mol. The van der Waals surface area contributed by atoms with Crippen LogP contribution in [0.5, 0.6) is 17.2 Å². The van der Waals surface area contributed by atoms with E-state index in [-0.39, 0.29) is 18.4 Å². The number of methoxy groups -OCH3 is 1. The first-order chi connectivity index (χ1) is 13.2. The molecule has 0 aliphatic carbocycles. The van der Waals surface area contributed by atoms with E-state index < -0.39 is 0 Å². The summed E-state index contributed by atoms with van der Waals surface area (Å²) in [7, 11) is 1.57. The number of rotatable bonds is 5. The van der Waals surface area contributed by atoms with Crippen molar-refractivity contribution in [1.29, 1.82) is 0 Å². The fraction of sp³-hybridized carbons (Fsp3) is 0.105. The first-order valence-corrected chi connectivity index (χ1v) is 8.16. The van der Waals surface area contributed by atoms with Gasteiger partial charge in [-0.1, -0.05) is 6.07 Å². The molecule has 0 saturated carbocycles. The van der Waals surface area contributed by atoms with Crippen molar-refractivity contribution in [1.82, 2.24) is 9.97 Å². The first kappa shape index (κ1) is 16.6. The number of hydrogen-bond acceptors (Lipinski definition) is 7. The van der Waals surface area contributed by atoms with Gasteiger partial charge < -0.3 is 24.8 Å². The van der Waals surface area contributed by atoms with Gasteiger partial charge >= 0.3 is 0 Å². The molecular weight excluding hydrogens is 348 g/mol. The van der Waals surface area contributed by atoms with Crippen LogP contribution in [0.25, 0.3) is 0 Å². The van der Waals surface area contributed by atoms with Crippen molar-refractivity contribution in [2.45, 2.75) is 0 Å². The summed E-state index contributed by atoms with van der Waals surface area (Å²) in [6, 6.07) is 14.0. The number of aromatic nitrogens is 2. The number of nitrogens with zero attached hydrogens (tertiary/aromatic N) is 2. The number of carbonyl (C=O) groups is 1. The second-order valence-corrected chi connectivity index (χ2v) is 5.64. The van der Waals surface area contributed by atoms with Crippen molar-refractivity contribution in [3.05, 3.63) is 60.4 Å². The number of fused-ring (bicyclic) bond motifs is 1. The summed E-state index contributed by atoms with van der Waals surface area (Å²) in [5, 5.41) is 5.84. The Hall–Kier alpha value is -3.81. The third-order valence-electron chi connectivity index (χ3n) is 3.84. The molecule has 1 aromatic heterocycles. The van der Waals surface area contributed by atoms with Gasteiger partial charge in [-0.25, -0.2) is 9.97 Å². The third-order valence-corrected chi connectivity index (χ3v) is 3.84. The summed E-state index contributed by atoms with van der Waals surface area (Å²) in [4.78, 5) is 20.9. The molecule has 0 radical (unpaired) electrons. The number of carbonyl (C=O) groups excluding carboxylic acids is 1. The minimum atomic E-state index is -0.348. The molecule has 0 unspecified atom stereocenters. The van der Waals surface area contributed by atoms with Crippen molar-refractivity contribution in [2.75, 3.05) is 24.5 Å². The monoisotopic (exact) mass is 364 g/mol. The molecule has 1 amide bonds. The molecule has 136 valence electrons. The summed E-state index contributed by atoms with van der Waals surface area (Å²) in [5.74, 6) is 1.94. The molecule has 0 saturated heterocycles. The minimum Gasteiger partial charge on any atom is -0.497 e. The number of amides is 1. The Kier molecular flexibility index (Phi) is 4.44. The highest BCUT2D eigenvalue weighted by Gasteiger charge is 2.14. The molecule has 8 nitrogen and oxygen atoms in total. The van der Waals surface area contributed by atoms with Gasteiger partial charge in [-0.2, -0.15) is 0 Å². The van der Waals surface area contributed by atoms with Crippen LogP contribution < -0.4 is 24.8 Å². The maximum atomic E-state index is 12.5. The van der Waals surface area contributed by atoms with Gasteiger partial charge in [0, 0.05) is 29.7 Å². The first-order valence-electron chi connectivity index (χ1n) is 8.16. The van der Waals surface area contributed by atoms with E-state index in [1.54, 1.807) is 49.6 Å². The zero-order chi connectivity index (χ0) is 18.6. The zero-order valence-corrected chi connectivity index (χ0v) is 14.4. The quantitative estimate of drug-likeness (QED) is 0.718. The highest BCUT2D eigenvalue weighted by atomic mass is 16.7. The van der Waals surface area contributed by atoms with Gasteiger partial charge in [-0.05, 0) is 30.3 Å². The summed E-state index contributed by atoms with van der Waals surface area (Å²) in [6.07, 6.45) is 1.52. The number of ether oxygens (including phenoxy) is 3. The molecule has 8 heteroatoms. The van der Waals surface area contributed by atoms with Gasteiger partial charge in [-0.15, -0.1) is 0 Å². The Bertz CT molecular complexity index is 993. The normalized spacial score (nSPS) is 11.7. The lowest BCUT2D eigenvalue weighted by molar-refractivity contribution is 0.102. The van der Waals surface area contributed by atoms with Crippen LogP contribution in [0.1, 0.15) is 10.5 Å². The van der Waals surface area contributed by atoms with Crippen LogP contribution in [0.3, 0.4) is 0 Å². The summed E-state index contributed by atoms with van der Waals surface area (Å²) in [6.45, 7) is 0.204. The SMILES string of the molecule is COc1cccc(NC(=O)c2ccnc(Nc3ccc4c(c3)OCO4)n2)c1. The van der Waals surface area contributed by atoms with Gasteiger partial charge in [-0.3, -0.25) is 4.79 Å². The molecule has 0 bridgehead atoms. The van der Waals surface area contributed by atoms with Crippen molar-refractivity contribution in [3.8, 4) is 17.2 Å². The molecule has 0 spiro atoms. The van der Waals surface area contributed by atoms with E-state index in [4.69, 9.17) is 14.2 Å². The molecule has 4 rings (SSSR count). The van der Waals surface area contributed by atoms with E-state index >= 15 is 0 Å². The van der Waals surface area contributed by atoms with E-state index in [0.717, 1.165) is 5.69 Å². The Morgan fingerprint density at radius 3 is 2.85 bits per heavy atom. The predicted octanol–water partition coefficient (Wildman–Crippen LogP) is 3.21. The van der Waals surface area contributed by atoms with Gasteiger partial charge in [0.2, 0.25) is 12.7 Å². The van der Waals surface area contributed by atoms with E-state index in [1.807, 2.05) is 6.07 Å². The highest BCUT2D eigenvalue weighted by molar-refractivity contribution is 6.03. The molecule has 1 aliphatic heterocycles. The van der Waals surface area contributed by atoms with Crippen LogP contribution in [0.15, 0.2) is 54.7 Å². The molecule has 0 atom stereocenters. The number of benzene rings is 2. The molecule has 2 N–H and O–H groups in total. The van der Waals surface area contributed by atoms with E-state index in [2.05, 4.69) is 20.6 Å². The lowest BCUT2D eigenvalue weighted by atomic mass is 10.3. The molecule has 0 fully saturated rings. The molecule has 27 heavy (non-hydrogen) atoms. The van der Waals surface area contributed by atoms with Crippen molar-refractivity contribution in [3.63, 3.8) is 0 Å². The van der Waals surface area contributed by atoms with Crippen LogP contribution in [-0.4, -0.2) is 29.8 Å². The Morgan fingerprint density at radius 1 is 1.07 bits per heavy atom. The van der Waals surface area contributed by atoms with Crippen LogP contribution in [0, 0.1) is 0 Å². The Balaban J connectivity index is 1.49. The van der Waals surface area contributed by atoms with Gasteiger partial charge in [0.15, 0.2) is 11.5 Å². The molecular formula is C19H16N4O4. The summed E-state index contributed by atoms with van der Waals surface area (Å²) < 4.78 is 15.8. The van der Waals surface area contributed by atoms with Crippen LogP contribution in [0.4, 0.5) is 17.3 Å². The Morgan fingerprint density at radius 2 is 1.96 bits per heavy atom. The lowest BCUT2D eigenvalue weighted by Crippen LogP contribution is -2.14. The van der Waals surface area contributed by atoms with Gasteiger partial charge in [0.05, 0.1) is 7.11 Å². The third kappa shape index (κ3) is 3.74. The van der Waals surface area contributed by atoms with E-state index in [0.29, 0.717) is 28.9 Å². The highest BCUT2D eigenvalue weighted by Crippen LogP contribution is 2.34. The van der Waals surface area contributed by atoms with E-state index in [9.17, 15) is 4.79 Å². The topological polar surface area (TPSA) is 94.6 Å². The van der Waals surface area contributed by atoms with Crippen molar-refractivity contribution >= 4 is 23.2 Å². The molecule has 2 heterocycles. The largest absolute Gasteiger partial charge is 0.497 e. The van der Waals surface area contributed by atoms with Crippen LogP contribution in [0.2, 0.25) is 0 Å². The fourth-order valence-electron chi connectivity index (χ4n) is 2.54. The smallest absolute Gasteiger partial charge is 0.274 e. The van der Waals surface area contributed by atoms with Crippen molar-refractivity contribution in [2.24, 2.45) is 0 Å². The zero-order valence-electron chi connectivity index (χ0n) is 14.4. The standard InChI is InChI=1S/C19H16N4O4/c1-25-14-4-2-3-12(9-14)21-18(24)15-7-8-20-19(23-15)22-13-5-6-16-17(10-13)27-11-26-16/h2-10H,11H2,1H3,(H,21,24)(H,20,22,23). The maximum absolute atomic E-state index is 12.5. The molecule has 2 aromatic carbocycles. The van der Waals surface area contributed by atoms with Gasteiger partial charge in [0.1, 0.15) is 11.4 Å². The average Bonchev–Trinajstić information content (AvgIpc) is 3.16. The van der Waals surface area contributed by atoms with Crippen LogP contribution in [-0.2, 0) is 0 Å². The summed E-state index contributed by atoms with van der Waals surface area (Å²) >= 11 is 0. The number of hydrogen-bond donors (Lipinski definition) is 2. The number of nitrogens with one attached hydrogen (secondary N) is 2. The molecule has 1 aliphatic rings. The summed E-state index contributed by atoms with van der Waals surface area (Å²) in [5.41, 5.74) is 1.57. The fourth-order valence-corrected chi connectivity index (χ4v) is 2.54. The second kappa shape index (κ2) is 7.20. The Labute approximate surface area is 155 Å². The number of anilines is 3. The lowest BCUT2D eigenvalue weighted by Gasteiger charge is -2.09. The van der Waals surface area contributed by atoms with E-state index in [1.165, 1.54) is 6.20 Å². The van der Waals surface area contributed by atoms with Crippen LogP contribution >= 0.6 is 0 Å².